The van der Waals surface area contributed by atoms with E-state index >= 15 is 0 Å². The lowest BCUT2D eigenvalue weighted by molar-refractivity contribution is -0.121. The van der Waals surface area contributed by atoms with Gasteiger partial charge in [0, 0.05) is 14.0 Å². The van der Waals surface area contributed by atoms with E-state index < -0.39 is 6.04 Å². The highest BCUT2D eigenvalue weighted by atomic mass is 16.5. The third-order valence-corrected chi connectivity index (χ3v) is 3.03. The molecule has 6 heteroatoms. The first kappa shape index (κ1) is 13.4. The first-order valence-corrected chi connectivity index (χ1v) is 5.94. The number of likely N-dealkylation sites (N-methyl/N-ethyl adjacent to an activating group) is 1. The lowest BCUT2D eigenvalue weighted by atomic mass is 10.1. The minimum atomic E-state index is -0.492. The maximum absolute atomic E-state index is 11.6. The fraction of sp³-hybridized carbons (Fsp3) is 0.385. The van der Waals surface area contributed by atoms with Crippen molar-refractivity contribution in [3.63, 3.8) is 0 Å². The lowest BCUT2D eigenvalue weighted by Gasteiger charge is -2.27. The monoisotopic (exact) mass is 264 g/mol. The maximum atomic E-state index is 11.6. The molecule has 2 N–H and O–H groups in total. The van der Waals surface area contributed by atoms with Gasteiger partial charge in [0.25, 0.3) is 5.91 Å². The van der Waals surface area contributed by atoms with Gasteiger partial charge in [-0.25, -0.2) is 0 Å². The van der Waals surface area contributed by atoms with E-state index in [2.05, 4.69) is 5.32 Å². The molecule has 1 aliphatic heterocycles. The van der Waals surface area contributed by atoms with Crippen LogP contribution in [0.25, 0.3) is 0 Å². The molecule has 1 aliphatic rings. The molecule has 102 valence electrons. The third kappa shape index (κ3) is 2.68. The van der Waals surface area contributed by atoms with Gasteiger partial charge in [0.05, 0.1) is 18.3 Å². The third-order valence-electron chi connectivity index (χ3n) is 3.03. The summed E-state index contributed by atoms with van der Waals surface area (Å²) in [4.78, 5) is 24.2. The lowest BCUT2D eigenvalue weighted by Crippen LogP contribution is -2.36. The number of nitrogens with one attached hydrogen (secondary N) is 1. The first-order chi connectivity index (χ1) is 9.02. The average Bonchev–Trinajstić information content (AvgIpc) is 2.40. The molecular formula is C13H16N2O4. The van der Waals surface area contributed by atoms with Crippen molar-refractivity contribution in [2.75, 3.05) is 25.2 Å². The van der Waals surface area contributed by atoms with Crippen LogP contribution >= 0.6 is 0 Å². The van der Waals surface area contributed by atoms with Gasteiger partial charge in [0.1, 0.15) is 5.75 Å². The summed E-state index contributed by atoms with van der Waals surface area (Å²) < 4.78 is 5.31. The number of ether oxygens (including phenoxy) is 1. The van der Waals surface area contributed by atoms with Crippen molar-refractivity contribution in [1.82, 2.24) is 5.32 Å². The largest absolute Gasteiger partial charge is 0.482 e. The zero-order valence-corrected chi connectivity index (χ0v) is 10.8. The summed E-state index contributed by atoms with van der Waals surface area (Å²) in [6.45, 7) is 1.20. The summed E-state index contributed by atoms with van der Waals surface area (Å²) in [5.74, 6) is 0.257. The van der Waals surface area contributed by atoms with Gasteiger partial charge < -0.3 is 20.1 Å². The molecule has 2 amide bonds. The number of benzene rings is 1. The topological polar surface area (TPSA) is 78.9 Å². The van der Waals surface area contributed by atoms with Crippen molar-refractivity contribution in [3.8, 4) is 5.75 Å². The van der Waals surface area contributed by atoms with Crippen LogP contribution in [0.5, 0.6) is 5.75 Å². The van der Waals surface area contributed by atoms with E-state index in [4.69, 9.17) is 4.74 Å². The summed E-state index contributed by atoms with van der Waals surface area (Å²) in [6.07, 6.45) is 0. The Balaban J connectivity index is 2.33. The van der Waals surface area contributed by atoms with Crippen LogP contribution in [0, 0.1) is 0 Å². The van der Waals surface area contributed by atoms with Gasteiger partial charge in [-0.05, 0) is 17.7 Å². The predicted molar refractivity (Wildman–Crippen MR) is 69.0 cm³/mol. The van der Waals surface area contributed by atoms with Crippen molar-refractivity contribution in [3.05, 3.63) is 23.8 Å². The second-order valence-corrected chi connectivity index (χ2v) is 4.40. The summed E-state index contributed by atoms with van der Waals surface area (Å²) in [5.41, 5.74) is 1.36. The Kier molecular flexibility index (Phi) is 3.71. The zero-order chi connectivity index (χ0) is 14.0. The van der Waals surface area contributed by atoms with Gasteiger partial charge >= 0.3 is 0 Å². The highest BCUT2D eigenvalue weighted by Gasteiger charge is 2.23. The Morgan fingerprint density at radius 3 is 2.95 bits per heavy atom. The fourth-order valence-electron chi connectivity index (χ4n) is 1.99. The Hall–Kier alpha value is -2.08. The number of rotatable bonds is 3. The molecule has 0 radical (unpaired) electrons. The molecule has 19 heavy (non-hydrogen) atoms. The number of nitrogens with zero attached hydrogens (tertiary/aromatic N) is 1. The summed E-state index contributed by atoms with van der Waals surface area (Å²) in [6, 6.07) is 4.74. The van der Waals surface area contributed by atoms with Crippen LogP contribution < -0.4 is 15.0 Å². The van der Waals surface area contributed by atoms with Crippen molar-refractivity contribution in [2.24, 2.45) is 0 Å². The molecular weight excluding hydrogens is 248 g/mol. The van der Waals surface area contributed by atoms with Gasteiger partial charge in [-0.15, -0.1) is 0 Å². The van der Waals surface area contributed by atoms with Crippen LogP contribution in [0.15, 0.2) is 18.2 Å². The van der Waals surface area contributed by atoms with Crippen molar-refractivity contribution in [1.29, 1.82) is 0 Å². The number of carbonyl (C=O) groups excluding carboxylic acids is 2. The van der Waals surface area contributed by atoms with E-state index in [1.165, 1.54) is 11.8 Å². The van der Waals surface area contributed by atoms with Crippen molar-refractivity contribution >= 4 is 17.5 Å². The molecule has 0 spiro atoms. The number of fused-ring (bicyclic) bond motifs is 1. The molecule has 0 fully saturated rings. The fourth-order valence-corrected chi connectivity index (χ4v) is 1.99. The smallest absolute Gasteiger partial charge is 0.264 e. The molecule has 0 aromatic heterocycles. The second-order valence-electron chi connectivity index (χ2n) is 4.40. The van der Waals surface area contributed by atoms with Crippen molar-refractivity contribution in [2.45, 2.75) is 13.0 Å². The van der Waals surface area contributed by atoms with Crippen molar-refractivity contribution < 1.29 is 19.4 Å². The standard InChI is InChI=1S/C13H16N2O4/c1-8(17)14-10(6-16)9-3-4-12-11(5-9)15(2)13(18)7-19-12/h3-5,10,16H,6-7H2,1-2H3,(H,14,17). The summed E-state index contributed by atoms with van der Waals surface area (Å²) in [7, 11) is 1.67. The number of anilines is 1. The number of hydrogen-bond acceptors (Lipinski definition) is 4. The van der Waals surface area contributed by atoms with E-state index in [0.29, 0.717) is 11.4 Å². The van der Waals surface area contributed by atoms with E-state index in [0.717, 1.165) is 5.56 Å². The Bertz CT molecular complexity index is 515. The molecule has 1 unspecified atom stereocenters. The summed E-state index contributed by atoms with van der Waals surface area (Å²) in [5, 5.41) is 12.0. The molecule has 1 aromatic rings. The first-order valence-electron chi connectivity index (χ1n) is 5.94. The molecule has 0 aliphatic carbocycles. The van der Waals surface area contributed by atoms with Gasteiger partial charge in [-0.3, -0.25) is 9.59 Å². The zero-order valence-electron chi connectivity index (χ0n) is 10.8. The minimum Gasteiger partial charge on any atom is -0.482 e. The Morgan fingerprint density at radius 2 is 2.32 bits per heavy atom. The maximum Gasteiger partial charge on any atom is 0.264 e. The van der Waals surface area contributed by atoms with Crippen LogP contribution in [0.4, 0.5) is 5.69 Å². The normalized spacial score (nSPS) is 15.5. The van der Waals surface area contributed by atoms with Crippen LogP contribution in [0.3, 0.4) is 0 Å². The van der Waals surface area contributed by atoms with E-state index in [1.54, 1.807) is 25.2 Å². The van der Waals surface area contributed by atoms with Crippen LogP contribution in [0.2, 0.25) is 0 Å². The highest BCUT2D eigenvalue weighted by molar-refractivity contribution is 5.97. The molecule has 0 bridgehead atoms. The van der Waals surface area contributed by atoms with Gasteiger partial charge in [-0.1, -0.05) is 6.07 Å². The molecule has 0 saturated heterocycles. The van der Waals surface area contributed by atoms with E-state index in [-0.39, 0.29) is 25.0 Å². The van der Waals surface area contributed by atoms with Gasteiger partial charge in [0.15, 0.2) is 6.61 Å². The Labute approximate surface area is 111 Å². The van der Waals surface area contributed by atoms with E-state index in [9.17, 15) is 14.7 Å². The Morgan fingerprint density at radius 1 is 1.58 bits per heavy atom. The molecule has 0 saturated carbocycles. The highest BCUT2D eigenvalue weighted by Crippen LogP contribution is 2.33. The number of hydrogen-bond donors (Lipinski definition) is 2. The number of aliphatic hydroxyl groups excluding tert-OH is 1. The van der Waals surface area contributed by atoms with Gasteiger partial charge in [-0.2, -0.15) is 0 Å². The van der Waals surface area contributed by atoms with E-state index in [1.807, 2.05) is 0 Å². The minimum absolute atomic E-state index is 0.0258. The quantitative estimate of drug-likeness (QED) is 0.818. The number of aliphatic hydroxyl groups is 1. The van der Waals surface area contributed by atoms with Gasteiger partial charge in [0.2, 0.25) is 5.91 Å². The molecule has 1 heterocycles. The molecule has 2 rings (SSSR count). The SMILES string of the molecule is CC(=O)NC(CO)c1ccc2c(c1)N(C)C(=O)CO2. The summed E-state index contributed by atoms with van der Waals surface area (Å²) >= 11 is 0. The second kappa shape index (κ2) is 5.27. The predicted octanol–water partition coefficient (Wildman–Crippen LogP) is 0.211. The van der Waals surface area contributed by atoms with Crippen LogP contribution in [0.1, 0.15) is 18.5 Å². The van der Waals surface area contributed by atoms with Crippen LogP contribution in [-0.2, 0) is 9.59 Å². The molecule has 1 aromatic carbocycles. The number of amides is 2. The van der Waals surface area contributed by atoms with Crippen LogP contribution in [-0.4, -0.2) is 37.2 Å². The molecule has 6 nitrogen and oxygen atoms in total. The number of carbonyl (C=O) groups is 2. The molecule has 1 atom stereocenters. The average molecular weight is 264 g/mol.